The fourth-order valence-corrected chi connectivity index (χ4v) is 3.42. The number of carbonyl (C=O) groups excluding carboxylic acids is 1. The summed E-state index contributed by atoms with van der Waals surface area (Å²) >= 11 is 0. The Kier molecular flexibility index (Phi) is 4.82. The van der Waals surface area contributed by atoms with Crippen LogP contribution in [0, 0.1) is 11.8 Å². The van der Waals surface area contributed by atoms with E-state index in [1.807, 2.05) is 0 Å². The second-order valence-corrected chi connectivity index (χ2v) is 5.92. The average molecular weight is 234 g/mol. The van der Waals surface area contributed by atoms with Gasteiger partial charge < -0.3 is 0 Å². The molecule has 0 radical (unpaired) electrons. The Bertz CT molecular complexity index is 290. The summed E-state index contributed by atoms with van der Waals surface area (Å²) in [6.07, 6.45) is 15.0. The molecule has 0 N–H and O–H groups in total. The van der Waals surface area contributed by atoms with Crippen molar-refractivity contribution < 1.29 is 4.79 Å². The second kappa shape index (κ2) is 6.37. The van der Waals surface area contributed by atoms with Crippen molar-refractivity contribution in [2.45, 2.75) is 71.1 Å². The van der Waals surface area contributed by atoms with E-state index in [-0.39, 0.29) is 0 Å². The summed E-state index contributed by atoms with van der Waals surface area (Å²) in [4.78, 5) is 12.0. The van der Waals surface area contributed by atoms with Crippen molar-refractivity contribution in [1.29, 1.82) is 0 Å². The molecule has 0 aliphatic heterocycles. The number of ketones is 1. The van der Waals surface area contributed by atoms with E-state index in [9.17, 15) is 4.79 Å². The van der Waals surface area contributed by atoms with Gasteiger partial charge in [0.1, 0.15) is 0 Å². The van der Waals surface area contributed by atoms with Crippen molar-refractivity contribution in [2.24, 2.45) is 11.8 Å². The molecule has 2 atom stereocenters. The predicted octanol–water partition coefficient (Wildman–Crippen LogP) is 4.66. The largest absolute Gasteiger partial charge is 0.295 e. The van der Waals surface area contributed by atoms with Gasteiger partial charge in [0.05, 0.1) is 0 Å². The molecule has 0 saturated heterocycles. The third-order valence-electron chi connectivity index (χ3n) is 4.50. The van der Waals surface area contributed by atoms with Gasteiger partial charge in [-0.05, 0) is 36.7 Å². The van der Waals surface area contributed by atoms with E-state index >= 15 is 0 Å². The molecule has 1 nitrogen and oxygen atoms in total. The Morgan fingerprint density at radius 2 is 1.65 bits per heavy atom. The summed E-state index contributed by atoms with van der Waals surface area (Å²) in [5, 5.41) is 0. The van der Waals surface area contributed by atoms with E-state index in [0.717, 1.165) is 12.8 Å². The summed E-state index contributed by atoms with van der Waals surface area (Å²) in [6, 6.07) is 0. The maximum Gasteiger partial charge on any atom is 0.159 e. The van der Waals surface area contributed by atoms with Crippen LogP contribution >= 0.6 is 0 Å². The number of Topliss-reactive ketones (excluding diaryl/α,β-unsaturated/α-hetero) is 1. The Labute approximate surface area is 106 Å². The first-order valence-corrected chi connectivity index (χ1v) is 7.52. The molecule has 0 aromatic rings. The average Bonchev–Trinajstić information content (AvgIpc) is 2.54. The topological polar surface area (TPSA) is 17.1 Å². The highest BCUT2D eigenvalue weighted by molar-refractivity contribution is 5.98. The molecular formula is C16H26O. The van der Waals surface area contributed by atoms with Gasteiger partial charge in [0.25, 0.3) is 0 Å². The first kappa shape index (κ1) is 12.9. The van der Waals surface area contributed by atoms with Crippen LogP contribution in [-0.2, 0) is 4.79 Å². The maximum absolute atomic E-state index is 12.0. The van der Waals surface area contributed by atoms with E-state index in [1.54, 1.807) is 0 Å². The van der Waals surface area contributed by atoms with Gasteiger partial charge in [-0.25, -0.2) is 0 Å². The van der Waals surface area contributed by atoms with Crippen LogP contribution in [-0.4, -0.2) is 5.78 Å². The molecule has 0 heterocycles. The van der Waals surface area contributed by atoms with Gasteiger partial charge in [-0.15, -0.1) is 0 Å². The minimum atomic E-state index is 0.444. The number of carbonyl (C=O) groups is 1. The van der Waals surface area contributed by atoms with E-state index in [2.05, 4.69) is 13.0 Å². The molecule has 96 valence electrons. The van der Waals surface area contributed by atoms with E-state index < -0.39 is 0 Å². The van der Waals surface area contributed by atoms with Gasteiger partial charge in [0.2, 0.25) is 0 Å². The molecule has 1 heteroatoms. The summed E-state index contributed by atoms with van der Waals surface area (Å²) in [5.41, 5.74) is 1.19. The highest BCUT2D eigenvalue weighted by Crippen LogP contribution is 2.37. The SMILES string of the molecule is C[C@H]1CC(=O)/C2=C\CCCCCCCCC[C@@H]21. The molecule has 2 rings (SSSR count). The van der Waals surface area contributed by atoms with Crippen molar-refractivity contribution in [1.82, 2.24) is 0 Å². The van der Waals surface area contributed by atoms with E-state index in [1.165, 1.54) is 56.9 Å². The summed E-state index contributed by atoms with van der Waals surface area (Å²) in [6.45, 7) is 2.26. The summed E-state index contributed by atoms with van der Waals surface area (Å²) in [7, 11) is 0. The normalized spacial score (nSPS) is 35.4. The number of hydrogen-bond acceptors (Lipinski definition) is 1. The Morgan fingerprint density at radius 3 is 2.41 bits per heavy atom. The molecule has 0 spiro atoms. The molecular weight excluding hydrogens is 208 g/mol. The predicted molar refractivity (Wildman–Crippen MR) is 71.9 cm³/mol. The molecule has 1 saturated carbocycles. The number of hydrogen-bond donors (Lipinski definition) is 0. The maximum atomic E-state index is 12.0. The lowest BCUT2D eigenvalue weighted by Crippen LogP contribution is -2.07. The molecule has 0 aromatic heterocycles. The van der Waals surface area contributed by atoms with Crippen LogP contribution in [0.1, 0.15) is 71.1 Å². The Balaban J connectivity index is 2.03. The minimum absolute atomic E-state index is 0.444. The van der Waals surface area contributed by atoms with Crippen LogP contribution in [0.2, 0.25) is 0 Å². The first-order chi connectivity index (χ1) is 8.29. The lowest BCUT2D eigenvalue weighted by atomic mass is 9.88. The lowest BCUT2D eigenvalue weighted by molar-refractivity contribution is -0.114. The lowest BCUT2D eigenvalue weighted by Gasteiger charge is -2.16. The molecule has 17 heavy (non-hydrogen) atoms. The molecule has 0 amide bonds. The molecule has 2 aliphatic carbocycles. The molecule has 1 fully saturated rings. The van der Waals surface area contributed by atoms with Crippen molar-refractivity contribution >= 4 is 5.78 Å². The van der Waals surface area contributed by atoms with Crippen molar-refractivity contribution in [3.63, 3.8) is 0 Å². The van der Waals surface area contributed by atoms with Crippen molar-refractivity contribution in [3.05, 3.63) is 11.6 Å². The fourth-order valence-electron chi connectivity index (χ4n) is 3.42. The van der Waals surface area contributed by atoms with Crippen LogP contribution in [0.5, 0.6) is 0 Å². The van der Waals surface area contributed by atoms with Crippen molar-refractivity contribution in [3.8, 4) is 0 Å². The van der Waals surface area contributed by atoms with Crippen LogP contribution in [0.25, 0.3) is 0 Å². The van der Waals surface area contributed by atoms with Crippen LogP contribution in [0.4, 0.5) is 0 Å². The third kappa shape index (κ3) is 3.43. The van der Waals surface area contributed by atoms with Gasteiger partial charge in [0, 0.05) is 6.42 Å². The summed E-state index contributed by atoms with van der Waals surface area (Å²) < 4.78 is 0. The van der Waals surface area contributed by atoms with E-state index in [4.69, 9.17) is 0 Å². The monoisotopic (exact) mass is 234 g/mol. The third-order valence-corrected chi connectivity index (χ3v) is 4.50. The standard InChI is InChI=1S/C16H26O/c1-13-12-16(17)15-11-9-7-5-3-2-4-6-8-10-14(13)15/h11,13-14H,2-10,12H2,1H3/b15-11-/t13-,14+/m0/s1. The Hall–Kier alpha value is -0.590. The zero-order valence-electron chi connectivity index (χ0n) is 11.2. The second-order valence-electron chi connectivity index (χ2n) is 5.92. The number of rotatable bonds is 0. The highest BCUT2D eigenvalue weighted by Gasteiger charge is 2.33. The minimum Gasteiger partial charge on any atom is -0.295 e. The van der Waals surface area contributed by atoms with Crippen LogP contribution in [0.15, 0.2) is 11.6 Å². The highest BCUT2D eigenvalue weighted by atomic mass is 16.1. The molecule has 0 unspecified atom stereocenters. The number of fused-ring (bicyclic) bond motifs is 1. The molecule has 2 aliphatic rings. The molecule has 0 bridgehead atoms. The van der Waals surface area contributed by atoms with Crippen molar-refractivity contribution in [2.75, 3.05) is 0 Å². The number of allylic oxidation sites excluding steroid dienone is 2. The summed E-state index contributed by atoms with van der Waals surface area (Å²) in [5.74, 6) is 1.62. The zero-order valence-corrected chi connectivity index (χ0v) is 11.2. The van der Waals surface area contributed by atoms with Crippen LogP contribution < -0.4 is 0 Å². The van der Waals surface area contributed by atoms with Gasteiger partial charge in [-0.3, -0.25) is 4.79 Å². The zero-order chi connectivity index (χ0) is 12.1. The molecule has 0 aromatic carbocycles. The first-order valence-electron chi connectivity index (χ1n) is 7.52. The van der Waals surface area contributed by atoms with Crippen LogP contribution in [0.3, 0.4) is 0 Å². The quantitative estimate of drug-likeness (QED) is 0.595. The fraction of sp³-hybridized carbons (Fsp3) is 0.812. The van der Waals surface area contributed by atoms with Gasteiger partial charge in [-0.1, -0.05) is 51.5 Å². The Morgan fingerprint density at radius 1 is 1.00 bits per heavy atom. The van der Waals surface area contributed by atoms with Gasteiger partial charge in [-0.2, -0.15) is 0 Å². The smallest absolute Gasteiger partial charge is 0.159 e. The van der Waals surface area contributed by atoms with Gasteiger partial charge >= 0.3 is 0 Å². The van der Waals surface area contributed by atoms with E-state index in [0.29, 0.717) is 17.6 Å². The van der Waals surface area contributed by atoms with Gasteiger partial charge in [0.15, 0.2) is 5.78 Å².